The van der Waals surface area contributed by atoms with Crippen LogP contribution in [0.3, 0.4) is 0 Å². The second-order valence-corrected chi connectivity index (χ2v) is 12.4. The van der Waals surface area contributed by atoms with Crippen molar-refractivity contribution < 1.29 is 42.4 Å². The molecule has 1 unspecified atom stereocenters. The summed E-state index contributed by atoms with van der Waals surface area (Å²) in [4.78, 5) is 18.5. The van der Waals surface area contributed by atoms with Crippen LogP contribution in [0.25, 0.3) is 22.2 Å². The molecule has 4 aromatic rings. The first-order valence-electron chi connectivity index (χ1n) is 12.6. The smallest absolute Gasteiger partial charge is 0.387 e. The summed E-state index contributed by atoms with van der Waals surface area (Å²) in [7, 11) is -0.768. The predicted octanol–water partition coefficient (Wildman–Crippen LogP) is 4.69. The molecular weight excluding hydrogens is 565 g/mol. The fourth-order valence-corrected chi connectivity index (χ4v) is 7.00. The van der Waals surface area contributed by atoms with E-state index in [0.29, 0.717) is 32.4 Å². The maximum atomic E-state index is 13.9. The molecule has 3 N–H and O–H groups in total. The molecule has 0 saturated carbocycles. The fraction of sp³-hybridized carbons (Fsp3) is 0.286. The molecule has 0 saturated heterocycles. The maximum absolute atomic E-state index is 13.9. The molecule has 0 fully saturated rings. The van der Waals surface area contributed by atoms with Gasteiger partial charge in [-0.15, -0.1) is 0 Å². The van der Waals surface area contributed by atoms with Crippen LogP contribution >= 0.6 is 7.92 Å². The van der Waals surface area contributed by atoms with Gasteiger partial charge in [-0.05, 0) is 60.1 Å². The third-order valence-electron chi connectivity index (χ3n) is 7.55. The largest absolute Gasteiger partial charge is 0.434 e. The Morgan fingerprint density at radius 3 is 2.37 bits per heavy atom. The van der Waals surface area contributed by atoms with E-state index in [9.17, 15) is 37.7 Å². The van der Waals surface area contributed by atoms with Crippen molar-refractivity contribution >= 4 is 30.2 Å². The average molecular weight is 589 g/mol. The van der Waals surface area contributed by atoms with E-state index in [1.165, 1.54) is 24.3 Å². The molecule has 3 heterocycles. The Kier molecular flexibility index (Phi) is 6.57. The number of hydrogen-bond acceptors (Lipinski definition) is 6. The SMILES string of the molecule is CP(C)c1ccc(-c2ccc3nc4n(c3c2)[C@@H]2CC4N(C(O)(O)O)C(=O)c3cccc(OC(F)F)c32)cc1C(F)F. The van der Waals surface area contributed by atoms with Crippen molar-refractivity contribution in [3.8, 4) is 16.9 Å². The maximum Gasteiger partial charge on any atom is 0.387 e. The Morgan fingerprint density at radius 1 is 1.00 bits per heavy atom. The molecule has 1 aromatic heterocycles. The molecule has 0 spiro atoms. The van der Waals surface area contributed by atoms with Crippen molar-refractivity contribution in [2.75, 3.05) is 13.3 Å². The first-order valence-corrected chi connectivity index (χ1v) is 14.8. The molecule has 2 bridgehead atoms. The number of fused-ring (bicyclic) bond motifs is 9. The number of rotatable bonds is 6. The molecule has 0 aliphatic carbocycles. The Labute approximate surface area is 232 Å². The Morgan fingerprint density at radius 2 is 1.71 bits per heavy atom. The minimum Gasteiger partial charge on any atom is -0.434 e. The number of aliphatic hydroxyl groups is 3. The molecule has 2 aliphatic rings. The van der Waals surface area contributed by atoms with Crippen molar-refractivity contribution in [2.24, 2.45) is 0 Å². The van der Waals surface area contributed by atoms with Crippen molar-refractivity contribution in [3.05, 3.63) is 77.1 Å². The van der Waals surface area contributed by atoms with E-state index >= 15 is 0 Å². The highest BCUT2D eigenvalue weighted by molar-refractivity contribution is 7.64. The molecule has 41 heavy (non-hydrogen) atoms. The second kappa shape index (κ2) is 9.77. The fourth-order valence-electron chi connectivity index (χ4n) is 5.95. The number of halogens is 4. The summed E-state index contributed by atoms with van der Waals surface area (Å²) >= 11 is 0. The van der Waals surface area contributed by atoms with Gasteiger partial charge >= 0.3 is 12.7 Å². The lowest BCUT2D eigenvalue weighted by atomic mass is 9.97. The molecular formula is C28H24F4N3O5P. The molecule has 1 amide bonds. The number of hydrogen-bond donors (Lipinski definition) is 3. The van der Waals surface area contributed by atoms with Gasteiger partial charge in [0.2, 0.25) is 0 Å². The highest BCUT2D eigenvalue weighted by atomic mass is 31.1. The average Bonchev–Trinajstić information content (AvgIpc) is 3.40. The number of amides is 1. The first kappa shape index (κ1) is 27.6. The third-order valence-corrected chi connectivity index (χ3v) is 8.92. The highest BCUT2D eigenvalue weighted by Gasteiger charge is 2.52. The summed E-state index contributed by atoms with van der Waals surface area (Å²) in [6.07, 6.45) is -6.28. The van der Waals surface area contributed by atoms with E-state index in [-0.39, 0.29) is 34.7 Å². The number of imidazole rings is 1. The quantitative estimate of drug-likeness (QED) is 0.171. The summed E-state index contributed by atoms with van der Waals surface area (Å²) in [6.45, 7) is 0.595. The summed E-state index contributed by atoms with van der Waals surface area (Å²) in [5.74, 6) is -1.11. The zero-order valence-electron chi connectivity index (χ0n) is 21.7. The number of ether oxygens (including phenoxy) is 1. The minimum atomic E-state index is -3.59. The summed E-state index contributed by atoms with van der Waals surface area (Å²) < 4.78 is 61.0. The zero-order chi connectivity index (χ0) is 29.4. The van der Waals surface area contributed by atoms with Crippen molar-refractivity contribution in [1.29, 1.82) is 0 Å². The van der Waals surface area contributed by atoms with E-state index in [4.69, 9.17) is 4.74 Å². The summed E-state index contributed by atoms with van der Waals surface area (Å²) in [5, 5.41) is 31.2. The molecule has 6 rings (SSSR count). The van der Waals surface area contributed by atoms with Crippen LogP contribution in [0.4, 0.5) is 17.6 Å². The Hall–Kier alpha value is -3.57. The Bertz CT molecular complexity index is 1690. The lowest BCUT2D eigenvalue weighted by molar-refractivity contribution is -0.385. The van der Waals surface area contributed by atoms with Gasteiger partial charge in [-0.25, -0.2) is 13.8 Å². The van der Waals surface area contributed by atoms with E-state index < -0.39 is 45.0 Å². The lowest BCUT2D eigenvalue weighted by Crippen LogP contribution is -2.53. The number of nitrogens with zero attached hydrogens (tertiary/aromatic N) is 3. The van der Waals surface area contributed by atoms with E-state index in [1.54, 1.807) is 34.9 Å². The Balaban J connectivity index is 1.58. The van der Waals surface area contributed by atoms with E-state index in [2.05, 4.69) is 4.98 Å². The third kappa shape index (κ3) is 4.46. The van der Waals surface area contributed by atoms with Gasteiger partial charge in [0.05, 0.1) is 17.1 Å². The van der Waals surface area contributed by atoms with Crippen LogP contribution in [0.5, 0.6) is 5.75 Å². The molecule has 214 valence electrons. The van der Waals surface area contributed by atoms with Gasteiger partial charge in [-0.1, -0.05) is 32.2 Å². The van der Waals surface area contributed by atoms with Gasteiger partial charge in [0, 0.05) is 23.1 Å². The van der Waals surface area contributed by atoms with Crippen LogP contribution in [-0.2, 0) is 0 Å². The van der Waals surface area contributed by atoms with Crippen molar-refractivity contribution in [2.45, 2.75) is 37.6 Å². The van der Waals surface area contributed by atoms with Crippen molar-refractivity contribution in [3.63, 3.8) is 0 Å². The molecule has 13 heteroatoms. The monoisotopic (exact) mass is 589 g/mol. The second-order valence-electron chi connectivity index (χ2n) is 10.2. The van der Waals surface area contributed by atoms with Crippen LogP contribution in [0, 0.1) is 0 Å². The zero-order valence-corrected chi connectivity index (χ0v) is 22.6. The number of alkyl halides is 4. The minimum absolute atomic E-state index is 0.0327. The number of benzene rings is 3. The van der Waals surface area contributed by atoms with Gasteiger partial charge in [-0.2, -0.15) is 8.78 Å². The van der Waals surface area contributed by atoms with E-state index in [0.717, 1.165) is 0 Å². The van der Waals surface area contributed by atoms with Crippen molar-refractivity contribution in [1.82, 2.24) is 14.5 Å². The molecule has 8 nitrogen and oxygen atoms in total. The van der Waals surface area contributed by atoms with Gasteiger partial charge < -0.3 is 24.6 Å². The first-order chi connectivity index (χ1) is 19.4. The highest BCUT2D eigenvalue weighted by Crippen LogP contribution is 2.51. The van der Waals surface area contributed by atoms with Gasteiger partial charge in [-0.3, -0.25) is 9.69 Å². The van der Waals surface area contributed by atoms with Crippen LogP contribution in [0.1, 0.15) is 52.2 Å². The number of aromatic nitrogens is 2. The topological polar surface area (TPSA) is 108 Å². The van der Waals surface area contributed by atoms with Crippen LogP contribution < -0.4 is 10.0 Å². The number of carbonyl (C=O) groups excluding carboxylic acids is 1. The number of carbonyl (C=O) groups is 1. The van der Waals surface area contributed by atoms with Gasteiger partial charge in [0.1, 0.15) is 17.6 Å². The van der Waals surface area contributed by atoms with Crippen LogP contribution in [0.2, 0.25) is 0 Å². The molecule has 2 atom stereocenters. The summed E-state index contributed by atoms with van der Waals surface area (Å²) in [6, 6.07) is 11.9. The van der Waals surface area contributed by atoms with Gasteiger partial charge in [0.15, 0.2) is 0 Å². The standard InChI is InChI=1S/C28H24F4N3O5P/c1-41(2)22-9-7-13(10-16(22)24(29)30)14-6-8-17-18(11-14)34-19-12-20(25(34)33-17)35(28(37,38)39)26(36)15-4-3-5-21(23(15)19)40-27(31)32/h3-11,19-20,24,27,37-39H,12H2,1-2H3/t19-,20?/m1/s1. The van der Waals surface area contributed by atoms with Crippen LogP contribution in [-0.4, -0.2) is 61.7 Å². The molecule has 3 aromatic carbocycles. The van der Waals surface area contributed by atoms with Gasteiger partial charge in [0.25, 0.3) is 12.3 Å². The summed E-state index contributed by atoms with van der Waals surface area (Å²) in [5.41, 5.74) is 1.91. The van der Waals surface area contributed by atoms with Crippen LogP contribution in [0.15, 0.2) is 54.6 Å². The normalized spacial score (nSPS) is 18.4. The van der Waals surface area contributed by atoms with E-state index in [1.807, 2.05) is 13.3 Å². The molecule has 0 radical (unpaired) electrons. The molecule has 2 aliphatic heterocycles. The predicted molar refractivity (Wildman–Crippen MR) is 143 cm³/mol. The lowest BCUT2D eigenvalue weighted by Gasteiger charge is -2.34.